The van der Waals surface area contributed by atoms with E-state index in [2.05, 4.69) is 15.5 Å². The SMILES string of the molecule is Cc1cc(C)c(NC(=O)c2cc(=O)[nH][nH]2)c(Cl)c1. The predicted molar refractivity (Wildman–Crippen MR) is 70.3 cm³/mol. The highest BCUT2D eigenvalue weighted by Gasteiger charge is 2.12. The summed E-state index contributed by atoms with van der Waals surface area (Å²) in [6.07, 6.45) is 0. The van der Waals surface area contributed by atoms with E-state index in [-0.39, 0.29) is 11.3 Å². The van der Waals surface area contributed by atoms with Crippen LogP contribution in [0.15, 0.2) is 23.0 Å². The molecule has 18 heavy (non-hydrogen) atoms. The van der Waals surface area contributed by atoms with E-state index in [1.165, 1.54) is 6.07 Å². The number of halogens is 1. The third-order valence-corrected chi connectivity index (χ3v) is 2.81. The Balaban J connectivity index is 2.30. The second-order valence-electron chi connectivity index (χ2n) is 4.07. The van der Waals surface area contributed by atoms with Crippen molar-refractivity contribution in [2.45, 2.75) is 13.8 Å². The summed E-state index contributed by atoms with van der Waals surface area (Å²) in [7, 11) is 0. The lowest BCUT2D eigenvalue weighted by atomic mass is 10.1. The van der Waals surface area contributed by atoms with E-state index in [1.54, 1.807) is 6.07 Å². The van der Waals surface area contributed by atoms with Gasteiger partial charge in [0.15, 0.2) is 0 Å². The third-order valence-electron chi connectivity index (χ3n) is 2.51. The van der Waals surface area contributed by atoms with Crippen LogP contribution in [0.5, 0.6) is 0 Å². The van der Waals surface area contributed by atoms with Gasteiger partial charge in [0.05, 0.1) is 10.7 Å². The van der Waals surface area contributed by atoms with Crippen LogP contribution in [0.4, 0.5) is 5.69 Å². The zero-order chi connectivity index (χ0) is 13.3. The van der Waals surface area contributed by atoms with Crippen molar-refractivity contribution in [1.82, 2.24) is 10.2 Å². The molecule has 94 valence electrons. The number of rotatable bonds is 2. The fourth-order valence-electron chi connectivity index (χ4n) is 1.71. The number of carbonyl (C=O) groups excluding carboxylic acids is 1. The van der Waals surface area contributed by atoms with Crippen molar-refractivity contribution in [2.24, 2.45) is 0 Å². The average molecular weight is 266 g/mol. The van der Waals surface area contributed by atoms with Crippen LogP contribution in [0.2, 0.25) is 5.02 Å². The van der Waals surface area contributed by atoms with E-state index < -0.39 is 5.91 Å². The minimum Gasteiger partial charge on any atom is -0.319 e. The Morgan fingerprint density at radius 1 is 1.22 bits per heavy atom. The highest BCUT2D eigenvalue weighted by molar-refractivity contribution is 6.34. The lowest BCUT2D eigenvalue weighted by Gasteiger charge is -2.10. The van der Waals surface area contributed by atoms with Gasteiger partial charge in [0.1, 0.15) is 5.69 Å². The van der Waals surface area contributed by atoms with Crippen molar-refractivity contribution in [3.8, 4) is 0 Å². The molecule has 0 fully saturated rings. The highest BCUT2D eigenvalue weighted by Crippen LogP contribution is 2.27. The van der Waals surface area contributed by atoms with Gasteiger partial charge in [-0.15, -0.1) is 0 Å². The molecule has 1 aromatic carbocycles. The summed E-state index contributed by atoms with van der Waals surface area (Å²) in [5.74, 6) is -0.415. The average Bonchev–Trinajstić information content (AvgIpc) is 2.70. The van der Waals surface area contributed by atoms with Crippen molar-refractivity contribution in [3.05, 3.63) is 50.4 Å². The molecule has 6 heteroatoms. The van der Waals surface area contributed by atoms with Gasteiger partial charge < -0.3 is 5.32 Å². The van der Waals surface area contributed by atoms with Crippen molar-refractivity contribution >= 4 is 23.2 Å². The topological polar surface area (TPSA) is 77.8 Å². The summed E-state index contributed by atoms with van der Waals surface area (Å²) < 4.78 is 0. The Kier molecular flexibility index (Phi) is 3.25. The number of anilines is 1. The lowest BCUT2D eigenvalue weighted by molar-refractivity contribution is 0.102. The Bertz CT molecular complexity index is 634. The quantitative estimate of drug-likeness (QED) is 0.779. The lowest BCUT2D eigenvalue weighted by Crippen LogP contribution is -2.14. The summed E-state index contributed by atoms with van der Waals surface area (Å²) in [5, 5.41) is 7.93. The maximum absolute atomic E-state index is 11.9. The predicted octanol–water partition coefficient (Wildman–Crippen LogP) is 2.23. The molecule has 1 aromatic heterocycles. The van der Waals surface area contributed by atoms with Gasteiger partial charge in [-0.1, -0.05) is 17.7 Å². The van der Waals surface area contributed by atoms with Crippen LogP contribution in [0.1, 0.15) is 21.6 Å². The van der Waals surface area contributed by atoms with Crippen molar-refractivity contribution in [3.63, 3.8) is 0 Å². The Labute approximate surface area is 108 Å². The molecule has 0 spiro atoms. The molecule has 2 rings (SSSR count). The summed E-state index contributed by atoms with van der Waals surface area (Å²) in [6.45, 7) is 3.78. The van der Waals surface area contributed by atoms with E-state index in [9.17, 15) is 9.59 Å². The number of amides is 1. The molecule has 3 N–H and O–H groups in total. The maximum atomic E-state index is 11.9. The molecule has 1 amide bonds. The zero-order valence-electron chi connectivity index (χ0n) is 9.93. The first-order chi connectivity index (χ1) is 8.47. The van der Waals surface area contributed by atoms with E-state index >= 15 is 0 Å². The first-order valence-corrected chi connectivity index (χ1v) is 5.71. The van der Waals surface area contributed by atoms with E-state index in [0.29, 0.717) is 10.7 Å². The Morgan fingerprint density at radius 3 is 2.50 bits per heavy atom. The summed E-state index contributed by atoms with van der Waals surface area (Å²) in [4.78, 5) is 22.8. The highest BCUT2D eigenvalue weighted by atomic mass is 35.5. The third kappa shape index (κ3) is 2.46. The van der Waals surface area contributed by atoms with Crippen LogP contribution in [-0.2, 0) is 0 Å². The first-order valence-electron chi connectivity index (χ1n) is 5.33. The van der Waals surface area contributed by atoms with Crippen molar-refractivity contribution in [2.75, 3.05) is 5.32 Å². The number of hydrogen-bond acceptors (Lipinski definition) is 2. The molecule has 0 saturated carbocycles. The molecule has 0 aliphatic rings. The van der Waals surface area contributed by atoms with Crippen LogP contribution in [0, 0.1) is 13.8 Å². The number of aromatic nitrogens is 2. The maximum Gasteiger partial charge on any atom is 0.273 e. The molecule has 0 unspecified atom stereocenters. The number of aromatic amines is 2. The summed E-state index contributed by atoms with van der Waals surface area (Å²) in [6, 6.07) is 4.87. The van der Waals surface area contributed by atoms with Crippen LogP contribution in [0.25, 0.3) is 0 Å². The molecule has 0 atom stereocenters. The molecular formula is C12H12ClN3O2. The molecule has 0 radical (unpaired) electrons. The smallest absolute Gasteiger partial charge is 0.273 e. The van der Waals surface area contributed by atoms with Gasteiger partial charge in [-0.25, -0.2) is 0 Å². The Hall–Kier alpha value is -2.01. The van der Waals surface area contributed by atoms with Gasteiger partial charge in [0, 0.05) is 6.07 Å². The largest absolute Gasteiger partial charge is 0.319 e. The molecule has 2 aromatic rings. The van der Waals surface area contributed by atoms with Crippen LogP contribution >= 0.6 is 11.6 Å². The van der Waals surface area contributed by atoms with Gasteiger partial charge in [-0.05, 0) is 31.0 Å². The standard InChI is InChI=1S/C12H12ClN3O2/c1-6-3-7(2)11(8(13)4-6)14-12(18)9-5-10(17)16-15-9/h3-5H,1-2H3,(H,14,18)(H2,15,16,17). The molecule has 0 bridgehead atoms. The number of hydrogen-bond donors (Lipinski definition) is 3. The molecule has 1 heterocycles. The van der Waals surface area contributed by atoms with Gasteiger partial charge in [-0.3, -0.25) is 19.8 Å². The molecule has 0 saturated heterocycles. The number of aryl methyl sites for hydroxylation is 2. The van der Waals surface area contributed by atoms with Crippen LogP contribution in [-0.4, -0.2) is 16.1 Å². The van der Waals surface area contributed by atoms with E-state index in [4.69, 9.17) is 11.6 Å². The molecule has 0 aliphatic carbocycles. The van der Waals surface area contributed by atoms with E-state index in [0.717, 1.165) is 11.1 Å². The molecule has 5 nitrogen and oxygen atoms in total. The summed E-state index contributed by atoms with van der Waals surface area (Å²) >= 11 is 6.08. The van der Waals surface area contributed by atoms with Gasteiger partial charge in [0.2, 0.25) is 0 Å². The Morgan fingerprint density at radius 2 is 1.94 bits per heavy atom. The minimum atomic E-state index is -0.415. The fourth-order valence-corrected chi connectivity index (χ4v) is 2.08. The number of carbonyl (C=O) groups is 1. The number of nitrogens with one attached hydrogen (secondary N) is 3. The van der Waals surface area contributed by atoms with Crippen molar-refractivity contribution in [1.29, 1.82) is 0 Å². The van der Waals surface area contributed by atoms with Gasteiger partial charge in [-0.2, -0.15) is 0 Å². The van der Waals surface area contributed by atoms with Gasteiger partial charge in [0.25, 0.3) is 11.5 Å². The second kappa shape index (κ2) is 4.70. The second-order valence-corrected chi connectivity index (χ2v) is 4.47. The zero-order valence-corrected chi connectivity index (χ0v) is 10.7. The minimum absolute atomic E-state index is 0.163. The number of H-pyrrole nitrogens is 2. The van der Waals surface area contributed by atoms with Crippen molar-refractivity contribution < 1.29 is 4.79 Å². The molecular weight excluding hydrogens is 254 g/mol. The summed E-state index contributed by atoms with van der Waals surface area (Å²) in [5.41, 5.74) is 2.24. The van der Waals surface area contributed by atoms with Gasteiger partial charge >= 0.3 is 0 Å². The first kappa shape index (κ1) is 12.4. The number of benzene rings is 1. The normalized spacial score (nSPS) is 10.4. The van der Waals surface area contributed by atoms with Crippen LogP contribution < -0.4 is 10.9 Å². The monoisotopic (exact) mass is 265 g/mol. The fraction of sp³-hybridized carbons (Fsp3) is 0.167. The van der Waals surface area contributed by atoms with Crippen LogP contribution in [0.3, 0.4) is 0 Å². The van der Waals surface area contributed by atoms with E-state index in [1.807, 2.05) is 19.9 Å². The molecule has 0 aliphatic heterocycles.